The minimum absolute atomic E-state index is 0.0197. The Hall–Kier alpha value is -2.04. The summed E-state index contributed by atoms with van der Waals surface area (Å²) in [7, 11) is 0. The summed E-state index contributed by atoms with van der Waals surface area (Å²) in [6.07, 6.45) is 1.60. The van der Waals surface area contributed by atoms with Gasteiger partial charge in [0.25, 0.3) is 0 Å². The number of amides is 1. The Morgan fingerprint density at radius 1 is 1.33 bits per heavy atom. The molecular weight excluding hydrogens is 270 g/mol. The Morgan fingerprint density at radius 2 is 2.05 bits per heavy atom. The normalized spacial score (nSPS) is 17.8. The maximum Gasteiger partial charge on any atom is 0.308 e. The van der Waals surface area contributed by atoms with Gasteiger partial charge >= 0.3 is 5.97 Å². The van der Waals surface area contributed by atoms with Crippen LogP contribution in [0.2, 0.25) is 0 Å². The summed E-state index contributed by atoms with van der Waals surface area (Å²) < 4.78 is 5.57. The summed E-state index contributed by atoms with van der Waals surface area (Å²) in [6.45, 7) is 3.40. The van der Waals surface area contributed by atoms with Crippen molar-refractivity contribution in [2.24, 2.45) is 5.92 Å². The minimum atomic E-state index is -0.812. The predicted octanol–water partition coefficient (Wildman–Crippen LogP) is 2.09. The highest BCUT2D eigenvalue weighted by molar-refractivity contribution is 5.78. The summed E-state index contributed by atoms with van der Waals surface area (Å²) in [5.41, 5.74) is 1.18. The number of carboxylic acids is 1. The zero-order valence-electron chi connectivity index (χ0n) is 12.2. The van der Waals surface area contributed by atoms with Crippen molar-refractivity contribution in [1.82, 2.24) is 4.90 Å². The quantitative estimate of drug-likeness (QED) is 0.815. The van der Waals surface area contributed by atoms with Crippen LogP contribution in [-0.4, -0.2) is 41.6 Å². The third kappa shape index (κ3) is 4.48. The lowest BCUT2D eigenvalue weighted by atomic mass is 10.1. The van der Waals surface area contributed by atoms with E-state index in [0.29, 0.717) is 39.0 Å². The first-order valence-corrected chi connectivity index (χ1v) is 7.26. The molecule has 0 spiro atoms. The Kier molecular flexibility index (Phi) is 5.20. The molecule has 1 aromatic carbocycles. The standard InChI is InChI=1S/C16H21NO4/c1-12-4-6-14(7-5-12)21-10-2-3-15(18)17-9-8-13(11-17)16(19)20/h4-7,13H,2-3,8-11H2,1H3,(H,19,20). The van der Waals surface area contributed by atoms with Gasteiger partial charge in [-0.05, 0) is 31.9 Å². The summed E-state index contributed by atoms with van der Waals surface area (Å²) >= 11 is 0. The molecule has 1 aliphatic heterocycles. The molecule has 1 N–H and O–H groups in total. The van der Waals surface area contributed by atoms with Gasteiger partial charge in [0.15, 0.2) is 0 Å². The van der Waals surface area contributed by atoms with Crippen LogP contribution in [0.1, 0.15) is 24.8 Å². The third-order valence-electron chi connectivity index (χ3n) is 3.71. The number of likely N-dealkylation sites (tertiary alicyclic amines) is 1. The fourth-order valence-corrected chi connectivity index (χ4v) is 2.39. The second-order valence-corrected chi connectivity index (χ2v) is 5.43. The van der Waals surface area contributed by atoms with Crippen LogP contribution in [0.3, 0.4) is 0 Å². The number of aryl methyl sites for hydroxylation is 1. The molecule has 0 aliphatic carbocycles. The second kappa shape index (κ2) is 7.11. The zero-order chi connectivity index (χ0) is 15.2. The number of hydrogen-bond donors (Lipinski definition) is 1. The van der Waals surface area contributed by atoms with E-state index >= 15 is 0 Å². The van der Waals surface area contributed by atoms with E-state index in [1.165, 1.54) is 5.56 Å². The number of nitrogens with zero attached hydrogens (tertiary/aromatic N) is 1. The smallest absolute Gasteiger partial charge is 0.308 e. The van der Waals surface area contributed by atoms with Crippen molar-refractivity contribution in [1.29, 1.82) is 0 Å². The van der Waals surface area contributed by atoms with Crippen LogP contribution in [0, 0.1) is 12.8 Å². The largest absolute Gasteiger partial charge is 0.494 e. The van der Waals surface area contributed by atoms with Crippen molar-refractivity contribution in [2.75, 3.05) is 19.7 Å². The Morgan fingerprint density at radius 3 is 2.67 bits per heavy atom. The van der Waals surface area contributed by atoms with Crippen LogP contribution >= 0.6 is 0 Å². The van der Waals surface area contributed by atoms with Crippen molar-refractivity contribution in [3.63, 3.8) is 0 Å². The number of carboxylic acid groups (broad SMARTS) is 1. The van der Waals surface area contributed by atoms with E-state index in [2.05, 4.69) is 0 Å². The highest BCUT2D eigenvalue weighted by Crippen LogP contribution is 2.18. The topological polar surface area (TPSA) is 66.8 Å². The molecule has 1 atom stereocenters. The molecule has 1 saturated heterocycles. The summed E-state index contributed by atoms with van der Waals surface area (Å²) in [5.74, 6) is -0.391. The average Bonchev–Trinajstić information content (AvgIpc) is 2.95. The van der Waals surface area contributed by atoms with Crippen molar-refractivity contribution in [2.45, 2.75) is 26.2 Å². The van der Waals surface area contributed by atoms with Gasteiger partial charge in [0.05, 0.1) is 12.5 Å². The van der Waals surface area contributed by atoms with Crippen molar-refractivity contribution in [3.8, 4) is 5.75 Å². The predicted molar refractivity (Wildman–Crippen MR) is 78.2 cm³/mol. The summed E-state index contributed by atoms with van der Waals surface area (Å²) in [4.78, 5) is 24.4. The van der Waals surface area contributed by atoms with Crippen LogP contribution in [0.4, 0.5) is 0 Å². The van der Waals surface area contributed by atoms with Gasteiger partial charge in [-0.1, -0.05) is 17.7 Å². The molecule has 0 bridgehead atoms. The molecule has 2 rings (SSSR count). The molecule has 1 aliphatic rings. The summed E-state index contributed by atoms with van der Waals surface area (Å²) in [5, 5.41) is 8.91. The second-order valence-electron chi connectivity index (χ2n) is 5.43. The zero-order valence-corrected chi connectivity index (χ0v) is 12.2. The van der Waals surface area contributed by atoms with Gasteiger partial charge in [0.1, 0.15) is 5.75 Å². The molecule has 114 valence electrons. The molecule has 1 aromatic rings. The van der Waals surface area contributed by atoms with Crippen molar-refractivity contribution in [3.05, 3.63) is 29.8 Å². The highest BCUT2D eigenvalue weighted by atomic mass is 16.5. The van der Waals surface area contributed by atoms with Crippen molar-refractivity contribution < 1.29 is 19.4 Å². The number of ether oxygens (including phenoxy) is 1. The SMILES string of the molecule is Cc1ccc(OCCCC(=O)N2CCC(C(=O)O)C2)cc1. The number of benzene rings is 1. The van der Waals surface area contributed by atoms with E-state index in [1.54, 1.807) is 4.90 Å². The summed E-state index contributed by atoms with van der Waals surface area (Å²) in [6, 6.07) is 7.79. The lowest BCUT2D eigenvalue weighted by molar-refractivity contribution is -0.141. The van der Waals surface area contributed by atoms with Gasteiger partial charge in [-0.3, -0.25) is 9.59 Å². The molecular formula is C16H21NO4. The lowest BCUT2D eigenvalue weighted by Crippen LogP contribution is -2.30. The van der Waals surface area contributed by atoms with Gasteiger partial charge in [0.2, 0.25) is 5.91 Å². The Balaban J connectivity index is 1.66. The van der Waals surface area contributed by atoms with E-state index < -0.39 is 11.9 Å². The minimum Gasteiger partial charge on any atom is -0.494 e. The fraction of sp³-hybridized carbons (Fsp3) is 0.500. The van der Waals surface area contributed by atoms with E-state index in [4.69, 9.17) is 9.84 Å². The molecule has 5 nitrogen and oxygen atoms in total. The van der Waals surface area contributed by atoms with Crippen molar-refractivity contribution >= 4 is 11.9 Å². The highest BCUT2D eigenvalue weighted by Gasteiger charge is 2.30. The maximum absolute atomic E-state index is 11.9. The molecule has 21 heavy (non-hydrogen) atoms. The number of carbonyl (C=O) groups excluding carboxylic acids is 1. The molecule has 1 heterocycles. The first-order chi connectivity index (χ1) is 10.1. The number of aliphatic carboxylic acids is 1. The Labute approximate surface area is 124 Å². The molecule has 1 fully saturated rings. The van der Waals surface area contributed by atoms with E-state index in [9.17, 15) is 9.59 Å². The molecule has 5 heteroatoms. The Bertz CT molecular complexity index is 498. The van der Waals surface area contributed by atoms with E-state index in [-0.39, 0.29) is 5.91 Å². The number of rotatable bonds is 6. The van der Waals surface area contributed by atoms with Crippen LogP contribution in [0.5, 0.6) is 5.75 Å². The first-order valence-electron chi connectivity index (χ1n) is 7.26. The van der Waals surface area contributed by atoms with Crippen LogP contribution < -0.4 is 4.74 Å². The third-order valence-corrected chi connectivity index (χ3v) is 3.71. The monoisotopic (exact) mass is 291 g/mol. The number of hydrogen-bond acceptors (Lipinski definition) is 3. The molecule has 1 unspecified atom stereocenters. The van der Waals surface area contributed by atoms with E-state index in [1.807, 2.05) is 31.2 Å². The van der Waals surface area contributed by atoms with Crippen LogP contribution in [0.15, 0.2) is 24.3 Å². The first kappa shape index (κ1) is 15.4. The average molecular weight is 291 g/mol. The number of carbonyl (C=O) groups is 2. The van der Waals surface area contributed by atoms with Gasteiger partial charge < -0.3 is 14.7 Å². The van der Waals surface area contributed by atoms with Gasteiger partial charge in [-0.15, -0.1) is 0 Å². The maximum atomic E-state index is 11.9. The molecule has 0 saturated carbocycles. The molecule has 0 aromatic heterocycles. The lowest BCUT2D eigenvalue weighted by Gasteiger charge is -2.15. The van der Waals surface area contributed by atoms with Gasteiger partial charge in [-0.2, -0.15) is 0 Å². The van der Waals surface area contributed by atoms with Crippen LogP contribution in [0.25, 0.3) is 0 Å². The molecule has 1 amide bonds. The fourth-order valence-electron chi connectivity index (χ4n) is 2.39. The van der Waals surface area contributed by atoms with E-state index in [0.717, 1.165) is 5.75 Å². The van der Waals surface area contributed by atoms with Gasteiger partial charge in [0, 0.05) is 19.5 Å². The van der Waals surface area contributed by atoms with Gasteiger partial charge in [-0.25, -0.2) is 0 Å². The van der Waals surface area contributed by atoms with Crippen LogP contribution in [-0.2, 0) is 9.59 Å². The molecule has 0 radical (unpaired) electrons.